The largest absolute Gasteiger partial charge is 0.399 e. The number of oxime groups is 1. The van der Waals surface area contributed by atoms with Gasteiger partial charge in [0.15, 0.2) is 0 Å². The van der Waals surface area contributed by atoms with E-state index in [-0.39, 0.29) is 0 Å². The standard InChI is InChI=1S/C18H18BrNO/c1-21-20-12-17-15-8-6-13-2-4-14(5-3-13)7-9-16(11-10-15)18(17)19/h2-5,10-12H,6-9H2,1H3/b20-12-. The Morgan fingerprint density at radius 3 is 2.10 bits per heavy atom. The molecule has 0 fully saturated rings. The normalized spacial score (nSPS) is 14.2. The molecule has 2 aromatic carbocycles. The second-order valence-electron chi connectivity index (χ2n) is 5.35. The Morgan fingerprint density at radius 2 is 1.48 bits per heavy atom. The van der Waals surface area contributed by atoms with Crippen molar-refractivity contribution >= 4 is 22.1 Å². The molecule has 0 unspecified atom stereocenters. The van der Waals surface area contributed by atoms with Gasteiger partial charge in [0.2, 0.25) is 0 Å². The summed E-state index contributed by atoms with van der Waals surface area (Å²) in [6, 6.07) is 13.5. The molecule has 0 amide bonds. The zero-order chi connectivity index (χ0) is 14.7. The predicted molar refractivity (Wildman–Crippen MR) is 90.0 cm³/mol. The summed E-state index contributed by atoms with van der Waals surface area (Å²) in [5.74, 6) is 0. The van der Waals surface area contributed by atoms with Gasteiger partial charge in [0, 0.05) is 10.0 Å². The molecule has 4 bridgehead atoms. The molecule has 0 radical (unpaired) electrons. The fourth-order valence-corrected chi connectivity index (χ4v) is 3.45. The van der Waals surface area contributed by atoms with Crippen molar-refractivity contribution in [3.63, 3.8) is 0 Å². The molecule has 2 aromatic rings. The van der Waals surface area contributed by atoms with Crippen molar-refractivity contribution in [2.75, 3.05) is 7.11 Å². The summed E-state index contributed by atoms with van der Waals surface area (Å²) in [6.07, 6.45) is 5.94. The number of nitrogens with zero attached hydrogens (tertiary/aromatic N) is 1. The van der Waals surface area contributed by atoms with Crippen molar-refractivity contribution in [3.8, 4) is 0 Å². The first-order chi connectivity index (χ1) is 10.3. The van der Waals surface area contributed by atoms with E-state index < -0.39 is 0 Å². The van der Waals surface area contributed by atoms with Crippen LogP contribution < -0.4 is 0 Å². The van der Waals surface area contributed by atoms with E-state index in [1.165, 1.54) is 22.3 Å². The number of rotatable bonds is 2. The van der Waals surface area contributed by atoms with Crippen LogP contribution in [-0.4, -0.2) is 13.3 Å². The number of aryl methyl sites for hydroxylation is 4. The third-order valence-corrected chi connectivity index (χ3v) is 4.96. The first-order valence-corrected chi connectivity index (χ1v) is 8.02. The third kappa shape index (κ3) is 3.18. The number of benzene rings is 2. The van der Waals surface area contributed by atoms with Gasteiger partial charge in [0.05, 0.1) is 6.21 Å². The Bertz CT molecular complexity index is 662. The van der Waals surface area contributed by atoms with Gasteiger partial charge in [-0.15, -0.1) is 0 Å². The summed E-state index contributed by atoms with van der Waals surface area (Å²) < 4.78 is 1.15. The molecule has 2 nitrogen and oxygen atoms in total. The topological polar surface area (TPSA) is 21.6 Å². The van der Waals surface area contributed by atoms with Crippen LogP contribution in [0.15, 0.2) is 46.0 Å². The van der Waals surface area contributed by atoms with Crippen LogP contribution in [-0.2, 0) is 30.5 Å². The third-order valence-electron chi connectivity index (χ3n) is 4.03. The lowest BCUT2D eigenvalue weighted by Crippen LogP contribution is -2.03. The van der Waals surface area contributed by atoms with Gasteiger partial charge in [-0.3, -0.25) is 0 Å². The maximum Gasteiger partial charge on any atom is 0.106 e. The van der Waals surface area contributed by atoms with Crippen LogP contribution in [0.2, 0.25) is 0 Å². The molecule has 0 spiro atoms. The summed E-state index contributed by atoms with van der Waals surface area (Å²) in [7, 11) is 1.58. The summed E-state index contributed by atoms with van der Waals surface area (Å²) in [5, 5.41) is 3.96. The van der Waals surface area contributed by atoms with E-state index in [2.05, 4.69) is 57.5 Å². The van der Waals surface area contributed by atoms with E-state index in [0.717, 1.165) is 35.7 Å². The molecule has 0 aliphatic heterocycles. The quantitative estimate of drug-likeness (QED) is 0.588. The van der Waals surface area contributed by atoms with Crippen LogP contribution in [0.5, 0.6) is 0 Å². The van der Waals surface area contributed by atoms with Crippen molar-refractivity contribution < 1.29 is 4.84 Å². The Labute approximate surface area is 134 Å². The lowest BCUT2D eigenvalue weighted by atomic mass is 9.94. The van der Waals surface area contributed by atoms with Gasteiger partial charge in [-0.2, -0.15) is 0 Å². The molecule has 0 saturated heterocycles. The highest BCUT2D eigenvalue weighted by atomic mass is 79.9. The van der Waals surface area contributed by atoms with Gasteiger partial charge in [0.25, 0.3) is 0 Å². The number of hydrogen-bond donors (Lipinski definition) is 0. The molecule has 0 aromatic heterocycles. The fourth-order valence-electron chi connectivity index (χ4n) is 2.76. The summed E-state index contributed by atoms with van der Waals surface area (Å²) >= 11 is 3.76. The monoisotopic (exact) mass is 343 g/mol. The molecule has 0 saturated carbocycles. The van der Waals surface area contributed by atoms with Crippen molar-refractivity contribution in [1.82, 2.24) is 0 Å². The summed E-state index contributed by atoms with van der Waals surface area (Å²) in [6.45, 7) is 0. The number of halogens is 1. The van der Waals surface area contributed by atoms with Crippen molar-refractivity contribution in [2.24, 2.45) is 5.16 Å². The summed E-state index contributed by atoms with van der Waals surface area (Å²) in [4.78, 5) is 4.86. The van der Waals surface area contributed by atoms with E-state index in [9.17, 15) is 0 Å². The minimum Gasteiger partial charge on any atom is -0.399 e. The predicted octanol–water partition coefficient (Wildman–Crippen LogP) is 4.31. The first kappa shape index (κ1) is 14.3. The van der Waals surface area contributed by atoms with Crippen LogP contribution in [0.3, 0.4) is 0 Å². The van der Waals surface area contributed by atoms with Crippen molar-refractivity contribution in [1.29, 1.82) is 0 Å². The van der Waals surface area contributed by atoms with Crippen LogP contribution in [0.25, 0.3) is 0 Å². The van der Waals surface area contributed by atoms with Gasteiger partial charge in [-0.25, -0.2) is 0 Å². The molecule has 0 heterocycles. The molecule has 0 N–H and O–H groups in total. The van der Waals surface area contributed by atoms with Gasteiger partial charge in [0.1, 0.15) is 7.11 Å². The molecular formula is C18H18BrNO. The molecule has 108 valence electrons. The van der Waals surface area contributed by atoms with Gasteiger partial charge < -0.3 is 4.84 Å². The second-order valence-corrected chi connectivity index (χ2v) is 6.14. The van der Waals surface area contributed by atoms with E-state index in [1.54, 1.807) is 7.11 Å². The highest BCUT2D eigenvalue weighted by Gasteiger charge is 2.12. The maximum absolute atomic E-state index is 4.86. The van der Waals surface area contributed by atoms with E-state index in [4.69, 9.17) is 4.84 Å². The van der Waals surface area contributed by atoms with Crippen LogP contribution in [0.1, 0.15) is 27.8 Å². The highest BCUT2D eigenvalue weighted by molar-refractivity contribution is 9.10. The molecule has 6 rings (SSSR count). The van der Waals surface area contributed by atoms with Gasteiger partial charge >= 0.3 is 0 Å². The van der Waals surface area contributed by atoms with Crippen molar-refractivity contribution in [3.05, 3.63) is 68.7 Å². The lowest BCUT2D eigenvalue weighted by molar-refractivity contribution is 0.215. The summed E-state index contributed by atoms with van der Waals surface area (Å²) in [5.41, 5.74) is 6.54. The van der Waals surface area contributed by atoms with Gasteiger partial charge in [-0.1, -0.05) is 41.6 Å². The lowest BCUT2D eigenvalue weighted by Gasteiger charge is -2.14. The molecule has 21 heavy (non-hydrogen) atoms. The van der Waals surface area contributed by atoms with Crippen LogP contribution in [0.4, 0.5) is 0 Å². The van der Waals surface area contributed by atoms with E-state index in [0.29, 0.717) is 0 Å². The van der Waals surface area contributed by atoms with E-state index in [1.807, 2.05) is 6.21 Å². The first-order valence-electron chi connectivity index (χ1n) is 7.22. The minimum atomic E-state index is 1.00. The highest BCUT2D eigenvalue weighted by Crippen LogP contribution is 2.27. The molecule has 4 aliphatic rings. The van der Waals surface area contributed by atoms with Gasteiger partial charge in [-0.05, 0) is 63.9 Å². The Kier molecular flexibility index (Phi) is 4.39. The zero-order valence-electron chi connectivity index (χ0n) is 12.1. The Balaban J connectivity index is 2.04. The molecule has 3 heteroatoms. The zero-order valence-corrected chi connectivity index (χ0v) is 13.7. The SMILES string of the molecule is CO/N=C\c1c2ccc(c1Br)CCc1ccc(cc1)CC2. The Hall–Kier alpha value is -1.61. The molecular weight excluding hydrogens is 326 g/mol. The van der Waals surface area contributed by atoms with E-state index >= 15 is 0 Å². The average Bonchev–Trinajstić information content (AvgIpc) is 2.50. The molecule has 0 atom stereocenters. The fraction of sp³-hybridized carbons (Fsp3) is 0.278. The second kappa shape index (κ2) is 6.44. The van der Waals surface area contributed by atoms with Crippen molar-refractivity contribution in [2.45, 2.75) is 25.7 Å². The van der Waals surface area contributed by atoms with Crippen LogP contribution in [0, 0.1) is 0 Å². The maximum atomic E-state index is 4.86. The molecule has 4 aliphatic carbocycles. The van der Waals surface area contributed by atoms with Crippen LogP contribution >= 0.6 is 15.9 Å². The average molecular weight is 344 g/mol. The smallest absolute Gasteiger partial charge is 0.106 e. The Morgan fingerprint density at radius 1 is 0.905 bits per heavy atom. The minimum absolute atomic E-state index is 1.00. The number of hydrogen-bond acceptors (Lipinski definition) is 2.